The number of primary amides is 1. The molecule has 1 aromatic heterocycles. The Labute approximate surface area is 145 Å². The van der Waals surface area contributed by atoms with E-state index in [4.69, 9.17) is 10.5 Å². The van der Waals surface area contributed by atoms with Crippen LogP contribution in [-0.4, -0.2) is 51.4 Å². The van der Waals surface area contributed by atoms with Crippen molar-refractivity contribution in [1.29, 1.82) is 0 Å². The third-order valence-electron chi connectivity index (χ3n) is 4.51. The predicted molar refractivity (Wildman–Crippen MR) is 90.5 cm³/mol. The maximum absolute atomic E-state index is 12.9. The van der Waals surface area contributed by atoms with Crippen molar-refractivity contribution < 1.29 is 14.3 Å². The van der Waals surface area contributed by atoms with E-state index in [1.54, 1.807) is 18.7 Å². The Balaban J connectivity index is 1.89. The van der Waals surface area contributed by atoms with E-state index in [-0.39, 0.29) is 11.6 Å². The quantitative estimate of drug-likeness (QED) is 0.894. The fourth-order valence-corrected chi connectivity index (χ4v) is 3.10. The molecule has 0 spiro atoms. The maximum Gasteiger partial charge on any atom is 0.277 e. The predicted octanol–water partition coefficient (Wildman–Crippen LogP) is 1.06. The molecule has 1 aliphatic rings. The molecule has 8 nitrogen and oxygen atoms in total. The summed E-state index contributed by atoms with van der Waals surface area (Å²) in [5.41, 5.74) is 7.08. The summed E-state index contributed by atoms with van der Waals surface area (Å²) in [5.74, 6) is -0.0514. The van der Waals surface area contributed by atoms with Crippen LogP contribution in [0.25, 0.3) is 5.69 Å². The van der Waals surface area contributed by atoms with Crippen molar-refractivity contribution in [3.8, 4) is 11.4 Å². The zero-order valence-electron chi connectivity index (χ0n) is 14.3. The number of benzene rings is 1. The molecule has 2 heterocycles. The van der Waals surface area contributed by atoms with Gasteiger partial charge in [0.15, 0.2) is 5.69 Å². The highest BCUT2D eigenvalue weighted by Crippen LogP contribution is 2.22. The van der Waals surface area contributed by atoms with Crippen LogP contribution >= 0.6 is 0 Å². The molecule has 0 bridgehead atoms. The van der Waals surface area contributed by atoms with E-state index in [0.717, 1.165) is 24.3 Å². The van der Waals surface area contributed by atoms with Gasteiger partial charge in [0.2, 0.25) is 5.91 Å². The second-order valence-corrected chi connectivity index (χ2v) is 6.05. The van der Waals surface area contributed by atoms with E-state index in [9.17, 15) is 9.59 Å². The maximum atomic E-state index is 12.9. The summed E-state index contributed by atoms with van der Waals surface area (Å²) in [4.78, 5) is 26.0. The summed E-state index contributed by atoms with van der Waals surface area (Å²) in [6.45, 7) is 2.28. The third kappa shape index (κ3) is 3.19. The lowest BCUT2D eigenvalue weighted by Gasteiger charge is -2.33. The fourth-order valence-electron chi connectivity index (χ4n) is 3.10. The first-order valence-electron chi connectivity index (χ1n) is 8.20. The number of rotatable bonds is 4. The van der Waals surface area contributed by atoms with Gasteiger partial charge in [-0.1, -0.05) is 5.21 Å². The van der Waals surface area contributed by atoms with Crippen molar-refractivity contribution in [2.45, 2.75) is 32.2 Å². The number of aromatic nitrogens is 3. The van der Waals surface area contributed by atoms with E-state index < -0.39 is 11.9 Å². The molecule has 0 saturated carbocycles. The topological polar surface area (TPSA) is 103 Å². The van der Waals surface area contributed by atoms with E-state index in [1.807, 2.05) is 24.3 Å². The van der Waals surface area contributed by atoms with Crippen LogP contribution in [0.5, 0.6) is 5.75 Å². The smallest absolute Gasteiger partial charge is 0.277 e. The molecule has 1 aromatic carbocycles. The van der Waals surface area contributed by atoms with Crippen molar-refractivity contribution in [2.24, 2.45) is 5.73 Å². The van der Waals surface area contributed by atoms with E-state index in [2.05, 4.69) is 10.3 Å². The standard InChI is InChI=1S/C17H21N5O3/c1-11-15(17(24)21-10-4-3-5-14(21)16(18)23)19-20-22(11)12-6-8-13(25-2)9-7-12/h6-9,14H,3-5,10H2,1-2H3,(H2,18,23). The van der Waals surface area contributed by atoms with Crippen molar-refractivity contribution in [3.63, 3.8) is 0 Å². The fraction of sp³-hybridized carbons (Fsp3) is 0.412. The van der Waals surface area contributed by atoms with Gasteiger partial charge in [0.1, 0.15) is 11.8 Å². The van der Waals surface area contributed by atoms with Crippen LogP contribution in [0, 0.1) is 6.92 Å². The number of carbonyl (C=O) groups is 2. The molecule has 3 rings (SSSR count). The number of likely N-dealkylation sites (tertiary alicyclic amines) is 1. The number of piperidine rings is 1. The SMILES string of the molecule is COc1ccc(-n2nnc(C(=O)N3CCCCC3C(N)=O)c2C)cc1. The van der Waals surface area contributed by atoms with E-state index in [1.165, 1.54) is 4.90 Å². The van der Waals surface area contributed by atoms with Crippen LogP contribution < -0.4 is 10.5 Å². The summed E-state index contributed by atoms with van der Waals surface area (Å²) in [6.07, 6.45) is 2.32. The molecule has 0 radical (unpaired) electrons. The van der Waals surface area contributed by atoms with Gasteiger partial charge in [-0.2, -0.15) is 0 Å². The van der Waals surface area contributed by atoms with Gasteiger partial charge in [-0.15, -0.1) is 5.10 Å². The normalized spacial score (nSPS) is 17.4. The Hall–Kier alpha value is -2.90. The molecule has 2 aromatic rings. The summed E-state index contributed by atoms with van der Waals surface area (Å²) < 4.78 is 6.74. The Kier molecular flexibility index (Phi) is 4.69. The van der Waals surface area contributed by atoms with Crippen LogP contribution in [0.2, 0.25) is 0 Å². The van der Waals surface area contributed by atoms with Crippen molar-refractivity contribution in [3.05, 3.63) is 35.7 Å². The average molecular weight is 343 g/mol. The minimum absolute atomic E-state index is 0.240. The number of nitrogens with two attached hydrogens (primary N) is 1. The van der Waals surface area contributed by atoms with Gasteiger partial charge in [-0.25, -0.2) is 4.68 Å². The van der Waals surface area contributed by atoms with Gasteiger partial charge in [-0.3, -0.25) is 9.59 Å². The Morgan fingerprint density at radius 3 is 2.60 bits per heavy atom. The third-order valence-corrected chi connectivity index (χ3v) is 4.51. The second-order valence-electron chi connectivity index (χ2n) is 6.05. The van der Waals surface area contributed by atoms with Gasteiger partial charge in [-0.05, 0) is 50.5 Å². The lowest BCUT2D eigenvalue weighted by atomic mass is 10.0. The molecule has 0 aliphatic carbocycles. The highest BCUT2D eigenvalue weighted by Gasteiger charge is 2.33. The Bertz CT molecular complexity index is 784. The highest BCUT2D eigenvalue weighted by atomic mass is 16.5. The Morgan fingerprint density at radius 2 is 1.96 bits per heavy atom. The molecule has 2 amide bonds. The molecule has 1 aliphatic heterocycles. The first kappa shape index (κ1) is 16.9. The minimum Gasteiger partial charge on any atom is -0.497 e. The summed E-state index contributed by atoms with van der Waals surface area (Å²) in [5, 5.41) is 8.13. The highest BCUT2D eigenvalue weighted by molar-refractivity contribution is 5.96. The largest absolute Gasteiger partial charge is 0.497 e. The van der Waals surface area contributed by atoms with Gasteiger partial charge >= 0.3 is 0 Å². The van der Waals surface area contributed by atoms with Crippen LogP contribution in [0.1, 0.15) is 35.4 Å². The summed E-state index contributed by atoms with van der Waals surface area (Å²) >= 11 is 0. The monoisotopic (exact) mass is 343 g/mol. The number of methoxy groups -OCH3 is 1. The van der Waals surface area contributed by atoms with Gasteiger partial charge in [0, 0.05) is 6.54 Å². The average Bonchev–Trinajstić information content (AvgIpc) is 3.02. The van der Waals surface area contributed by atoms with Crippen molar-refractivity contribution >= 4 is 11.8 Å². The first-order valence-corrected chi connectivity index (χ1v) is 8.20. The molecule has 1 atom stereocenters. The number of carbonyl (C=O) groups excluding carboxylic acids is 2. The second kappa shape index (κ2) is 6.92. The molecule has 1 saturated heterocycles. The molecule has 8 heteroatoms. The molecule has 25 heavy (non-hydrogen) atoms. The Morgan fingerprint density at radius 1 is 1.24 bits per heavy atom. The van der Waals surface area contributed by atoms with Crippen LogP contribution in [0.4, 0.5) is 0 Å². The molecule has 2 N–H and O–H groups in total. The number of hydrogen-bond acceptors (Lipinski definition) is 5. The molecular weight excluding hydrogens is 322 g/mol. The molecule has 132 valence electrons. The van der Waals surface area contributed by atoms with Crippen molar-refractivity contribution in [1.82, 2.24) is 19.9 Å². The lowest BCUT2D eigenvalue weighted by Crippen LogP contribution is -2.50. The number of ether oxygens (including phenoxy) is 1. The van der Waals surface area contributed by atoms with E-state index >= 15 is 0 Å². The molecule has 1 unspecified atom stereocenters. The minimum atomic E-state index is -0.577. The first-order chi connectivity index (χ1) is 12.0. The van der Waals surface area contributed by atoms with Gasteiger partial charge in [0.05, 0.1) is 18.5 Å². The van der Waals surface area contributed by atoms with Crippen LogP contribution in [0.15, 0.2) is 24.3 Å². The lowest BCUT2D eigenvalue weighted by molar-refractivity contribution is -0.123. The number of nitrogens with zero attached hydrogens (tertiary/aromatic N) is 4. The van der Waals surface area contributed by atoms with Gasteiger partial charge in [0.25, 0.3) is 5.91 Å². The summed E-state index contributed by atoms with van der Waals surface area (Å²) in [6, 6.07) is 6.72. The van der Waals surface area contributed by atoms with Crippen LogP contribution in [0.3, 0.4) is 0 Å². The summed E-state index contributed by atoms with van der Waals surface area (Å²) in [7, 11) is 1.60. The van der Waals surface area contributed by atoms with Gasteiger partial charge < -0.3 is 15.4 Å². The molecule has 1 fully saturated rings. The zero-order valence-corrected chi connectivity index (χ0v) is 14.3. The zero-order chi connectivity index (χ0) is 18.0. The number of hydrogen-bond donors (Lipinski definition) is 1. The molecular formula is C17H21N5O3. The van der Waals surface area contributed by atoms with E-state index in [0.29, 0.717) is 18.7 Å². The number of amides is 2. The van der Waals surface area contributed by atoms with Crippen LogP contribution in [-0.2, 0) is 4.79 Å². The van der Waals surface area contributed by atoms with Crippen molar-refractivity contribution in [2.75, 3.05) is 13.7 Å².